The molecule has 0 saturated heterocycles. The minimum absolute atomic E-state index is 0.351. The van der Waals surface area contributed by atoms with Gasteiger partial charge in [0.05, 0.1) is 5.57 Å². The molecule has 0 bridgehead atoms. The van der Waals surface area contributed by atoms with Gasteiger partial charge in [-0.05, 0) is 51.7 Å². The lowest BCUT2D eigenvalue weighted by atomic mass is 9.96. The zero-order valence-electron chi connectivity index (χ0n) is 12.8. The zero-order valence-corrected chi connectivity index (χ0v) is 14.4. The number of nitrogens with one attached hydrogen (secondary N) is 2. The molecule has 2 amide bonds. The van der Waals surface area contributed by atoms with Gasteiger partial charge in [0.15, 0.2) is 0 Å². The summed E-state index contributed by atoms with van der Waals surface area (Å²) in [5.74, 6) is -0.716. The first kappa shape index (κ1) is 16.7. The van der Waals surface area contributed by atoms with Crippen molar-refractivity contribution in [1.82, 2.24) is 15.5 Å². The molecule has 22 heavy (non-hydrogen) atoms. The number of nitrogens with zero attached hydrogens (tertiary/aromatic N) is 1. The number of carbonyl (C=O) groups excluding carboxylic acids is 2. The Morgan fingerprint density at radius 2 is 1.95 bits per heavy atom. The fourth-order valence-electron chi connectivity index (χ4n) is 2.27. The second-order valence-electron chi connectivity index (χ2n) is 5.50. The van der Waals surface area contributed by atoms with Gasteiger partial charge in [0.1, 0.15) is 0 Å². The van der Waals surface area contributed by atoms with Crippen molar-refractivity contribution in [2.75, 3.05) is 27.2 Å². The van der Waals surface area contributed by atoms with Gasteiger partial charge in [-0.1, -0.05) is 15.9 Å². The average Bonchev–Trinajstić information content (AvgIpc) is 2.44. The average molecular weight is 366 g/mol. The molecule has 2 rings (SSSR count). The van der Waals surface area contributed by atoms with Crippen LogP contribution in [0.5, 0.6) is 0 Å². The van der Waals surface area contributed by atoms with Crippen LogP contribution in [-0.2, 0) is 4.79 Å². The predicted octanol–water partition coefficient (Wildman–Crippen LogP) is 1.99. The van der Waals surface area contributed by atoms with Crippen molar-refractivity contribution < 1.29 is 9.59 Å². The van der Waals surface area contributed by atoms with Crippen molar-refractivity contribution in [3.63, 3.8) is 0 Å². The maximum Gasteiger partial charge on any atom is 0.260 e. The van der Waals surface area contributed by atoms with Crippen LogP contribution in [-0.4, -0.2) is 43.9 Å². The van der Waals surface area contributed by atoms with Crippen molar-refractivity contribution in [3.05, 3.63) is 40.0 Å². The molecule has 1 aromatic rings. The summed E-state index contributed by atoms with van der Waals surface area (Å²) in [4.78, 5) is 26.0. The predicted molar refractivity (Wildman–Crippen MR) is 90.4 cm³/mol. The van der Waals surface area contributed by atoms with E-state index in [1.54, 1.807) is 24.4 Å². The quantitative estimate of drug-likeness (QED) is 0.459. The highest BCUT2D eigenvalue weighted by atomic mass is 79.9. The van der Waals surface area contributed by atoms with E-state index in [1.165, 1.54) is 0 Å². The molecule has 5 nitrogen and oxygen atoms in total. The molecular formula is C16H20BrN3O2. The zero-order chi connectivity index (χ0) is 16.1. The summed E-state index contributed by atoms with van der Waals surface area (Å²) >= 11 is 3.38. The van der Waals surface area contributed by atoms with E-state index < -0.39 is 0 Å². The number of fused-ring (bicyclic) bond motifs is 1. The molecule has 0 radical (unpaired) electrons. The largest absolute Gasteiger partial charge is 0.390 e. The van der Waals surface area contributed by atoms with Crippen LogP contribution in [0.2, 0.25) is 0 Å². The Bertz CT molecular complexity index is 611. The minimum atomic E-state index is -0.364. The van der Waals surface area contributed by atoms with Crippen molar-refractivity contribution in [1.29, 1.82) is 0 Å². The molecule has 1 heterocycles. The van der Waals surface area contributed by atoms with Gasteiger partial charge >= 0.3 is 0 Å². The third-order valence-electron chi connectivity index (χ3n) is 3.41. The van der Waals surface area contributed by atoms with Crippen LogP contribution in [0, 0.1) is 0 Å². The minimum Gasteiger partial charge on any atom is -0.390 e. The number of hydrogen-bond donors (Lipinski definition) is 2. The molecular weight excluding hydrogens is 346 g/mol. The molecule has 0 saturated carbocycles. The van der Waals surface area contributed by atoms with Crippen LogP contribution in [0.1, 0.15) is 28.8 Å². The monoisotopic (exact) mass is 365 g/mol. The number of halogens is 1. The molecule has 1 aliphatic heterocycles. The maximum absolute atomic E-state index is 12.0. The van der Waals surface area contributed by atoms with Gasteiger partial charge < -0.3 is 10.2 Å². The van der Waals surface area contributed by atoms with Crippen LogP contribution in [0.3, 0.4) is 0 Å². The van der Waals surface area contributed by atoms with E-state index in [0.717, 1.165) is 30.4 Å². The Morgan fingerprint density at radius 1 is 1.18 bits per heavy atom. The van der Waals surface area contributed by atoms with Crippen molar-refractivity contribution in [2.45, 2.75) is 12.8 Å². The van der Waals surface area contributed by atoms with E-state index in [-0.39, 0.29) is 11.8 Å². The molecule has 2 N–H and O–H groups in total. The van der Waals surface area contributed by atoms with Gasteiger partial charge in [0.2, 0.25) is 0 Å². The molecule has 0 spiro atoms. The lowest BCUT2D eigenvalue weighted by Gasteiger charge is -2.18. The Kier molecular flexibility index (Phi) is 5.74. The third-order valence-corrected chi connectivity index (χ3v) is 3.90. The molecule has 1 aromatic carbocycles. The number of imide groups is 1. The van der Waals surface area contributed by atoms with Gasteiger partial charge in [-0.3, -0.25) is 14.9 Å². The summed E-state index contributed by atoms with van der Waals surface area (Å²) < 4.78 is 0.839. The topological polar surface area (TPSA) is 61.4 Å². The molecule has 0 unspecified atom stereocenters. The number of unbranched alkanes of at least 4 members (excludes halogenated alkanes) is 1. The first-order valence-electron chi connectivity index (χ1n) is 7.23. The normalized spacial score (nSPS) is 15.9. The Hall–Kier alpha value is -1.66. The highest BCUT2D eigenvalue weighted by Crippen LogP contribution is 2.26. The molecule has 0 fully saturated rings. The Balaban J connectivity index is 2.05. The summed E-state index contributed by atoms with van der Waals surface area (Å²) in [7, 11) is 4.10. The van der Waals surface area contributed by atoms with Crippen molar-refractivity contribution in [2.24, 2.45) is 0 Å². The van der Waals surface area contributed by atoms with Gasteiger partial charge in [-0.2, -0.15) is 0 Å². The molecule has 0 aromatic heterocycles. The van der Waals surface area contributed by atoms with Crippen LogP contribution < -0.4 is 10.6 Å². The van der Waals surface area contributed by atoms with E-state index in [0.29, 0.717) is 16.7 Å². The second kappa shape index (κ2) is 7.56. The molecule has 0 atom stereocenters. The fraction of sp³-hybridized carbons (Fsp3) is 0.375. The summed E-state index contributed by atoms with van der Waals surface area (Å²) in [6, 6.07) is 5.30. The van der Waals surface area contributed by atoms with Crippen molar-refractivity contribution in [3.8, 4) is 0 Å². The first-order chi connectivity index (χ1) is 10.5. The molecule has 0 aliphatic carbocycles. The Morgan fingerprint density at radius 3 is 2.68 bits per heavy atom. The second-order valence-corrected chi connectivity index (χ2v) is 6.41. The third kappa shape index (κ3) is 4.18. The highest BCUT2D eigenvalue weighted by molar-refractivity contribution is 9.10. The van der Waals surface area contributed by atoms with Gasteiger partial charge in [-0.15, -0.1) is 0 Å². The Labute approximate surface area is 138 Å². The van der Waals surface area contributed by atoms with Gasteiger partial charge in [0.25, 0.3) is 11.8 Å². The van der Waals surface area contributed by atoms with Gasteiger partial charge in [-0.25, -0.2) is 0 Å². The van der Waals surface area contributed by atoms with E-state index in [4.69, 9.17) is 0 Å². The summed E-state index contributed by atoms with van der Waals surface area (Å²) in [5.41, 5.74) is 1.66. The number of rotatable bonds is 6. The first-order valence-corrected chi connectivity index (χ1v) is 8.02. The number of amides is 2. The van der Waals surface area contributed by atoms with Crippen LogP contribution >= 0.6 is 15.9 Å². The number of hydrogen-bond acceptors (Lipinski definition) is 4. The van der Waals surface area contributed by atoms with E-state index in [2.05, 4.69) is 31.5 Å². The van der Waals surface area contributed by atoms with Crippen LogP contribution in [0.15, 0.2) is 28.9 Å². The highest BCUT2D eigenvalue weighted by Gasteiger charge is 2.27. The van der Waals surface area contributed by atoms with E-state index in [1.807, 2.05) is 14.1 Å². The van der Waals surface area contributed by atoms with Crippen molar-refractivity contribution >= 4 is 33.3 Å². The van der Waals surface area contributed by atoms with E-state index >= 15 is 0 Å². The maximum atomic E-state index is 12.0. The molecule has 1 aliphatic rings. The number of benzene rings is 1. The summed E-state index contributed by atoms with van der Waals surface area (Å²) in [5, 5.41) is 5.53. The van der Waals surface area contributed by atoms with Crippen LogP contribution in [0.25, 0.3) is 5.57 Å². The summed E-state index contributed by atoms with van der Waals surface area (Å²) in [6.07, 6.45) is 3.81. The fourth-order valence-corrected chi connectivity index (χ4v) is 2.63. The standard InChI is InChI=1S/C16H20BrN3O2/c1-20(2)8-4-3-7-18-10-14-13-9-11(17)5-6-12(13)15(21)19-16(14)22/h5-6,9-10,18H,3-4,7-8H2,1-2H3,(H,19,21,22)/b14-10+. The lowest BCUT2D eigenvalue weighted by Crippen LogP contribution is -2.37. The summed E-state index contributed by atoms with van der Waals surface area (Å²) in [6.45, 7) is 1.84. The lowest BCUT2D eigenvalue weighted by molar-refractivity contribution is -0.114. The van der Waals surface area contributed by atoms with Crippen LogP contribution in [0.4, 0.5) is 0 Å². The SMILES string of the molecule is CN(C)CCCCN/C=C1/C(=O)NC(=O)c2ccc(Br)cc21. The smallest absolute Gasteiger partial charge is 0.260 e. The molecule has 118 valence electrons. The molecule has 6 heteroatoms. The van der Waals surface area contributed by atoms with Gasteiger partial charge in [0, 0.05) is 28.3 Å². The van der Waals surface area contributed by atoms with E-state index in [9.17, 15) is 9.59 Å². The number of carbonyl (C=O) groups is 2.